The lowest BCUT2D eigenvalue weighted by Gasteiger charge is -2.33. The van der Waals surface area contributed by atoms with Crippen molar-refractivity contribution in [2.75, 3.05) is 31.6 Å². The quantitative estimate of drug-likeness (QED) is 0.346. The molecule has 0 fully saturated rings. The second-order valence-electron chi connectivity index (χ2n) is 9.00. The number of hydrogen-bond donors (Lipinski definition) is 1. The molecule has 0 aliphatic carbocycles. The van der Waals surface area contributed by atoms with Crippen LogP contribution >= 0.6 is 11.6 Å². The lowest BCUT2D eigenvalue weighted by molar-refractivity contribution is -0.139. The van der Waals surface area contributed by atoms with Gasteiger partial charge in [0.25, 0.3) is 10.0 Å². The molecule has 39 heavy (non-hydrogen) atoms. The van der Waals surface area contributed by atoms with Crippen molar-refractivity contribution in [3.63, 3.8) is 0 Å². The third-order valence-electron chi connectivity index (χ3n) is 6.41. The van der Waals surface area contributed by atoms with Crippen molar-refractivity contribution < 1.29 is 22.7 Å². The molecule has 0 aliphatic rings. The molecule has 3 rings (SSSR count). The number of halogens is 1. The maximum atomic E-state index is 14.0. The molecule has 3 aromatic rings. The highest BCUT2D eigenvalue weighted by molar-refractivity contribution is 7.92. The molecule has 0 saturated carbocycles. The molecule has 1 N–H and O–H groups in total. The predicted molar refractivity (Wildman–Crippen MR) is 154 cm³/mol. The van der Waals surface area contributed by atoms with Gasteiger partial charge in [-0.2, -0.15) is 0 Å². The van der Waals surface area contributed by atoms with Gasteiger partial charge in [0.2, 0.25) is 11.8 Å². The van der Waals surface area contributed by atoms with E-state index in [4.69, 9.17) is 16.3 Å². The molecule has 1 unspecified atom stereocenters. The molecule has 208 valence electrons. The van der Waals surface area contributed by atoms with Gasteiger partial charge >= 0.3 is 0 Å². The van der Waals surface area contributed by atoms with Crippen molar-refractivity contribution in [2.24, 2.45) is 0 Å². The van der Waals surface area contributed by atoms with E-state index >= 15 is 0 Å². The van der Waals surface area contributed by atoms with Gasteiger partial charge in [-0.1, -0.05) is 66.6 Å². The van der Waals surface area contributed by atoms with Gasteiger partial charge in [-0.3, -0.25) is 13.9 Å². The summed E-state index contributed by atoms with van der Waals surface area (Å²) in [6, 6.07) is 19.7. The van der Waals surface area contributed by atoms with E-state index in [2.05, 4.69) is 5.32 Å². The number of rotatable bonds is 12. The summed E-state index contributed by atoms with van der Waals surface area (Å²) in [4.78, 5) is 28.2. The Hall–Kier alpha value is -3.56. The van der Waals surface area contributed by atoms with E-state index in [-0.39, 0.29) is 33.8 Å². The standard InChI is InChI=1S/C29H34ClN3O5S/c1-5-25(29(35)31-3)32(18-17-22-9-7-6-8-10-22)28(34)20-33(26-19-23(30)13-16-27(26)38-4)39(36,37)24-14-11-21(2)12-15-24/h6-16,19,25H,5,17-18,20H2,1-4H3,(H,31,35). The van der Waals surface area contributed by atoms with E-state index in [1.165, 1.54) is 37.3 Å². The Balaban J connectivity index is 2.07. The largest absolute Gasteiger partial charge is 0.495 e. The van der Waals surface area contributed by atoms with Gasteiger partial charge in [0.05, 0.1) is 17.7 Å². The number of carbonyl (C=O) groups is 2. The van der Waals surface area contributed by atoms with Crippen molar-refractivity contribution in [1.29, 1.82) is 0 Å². The average molecular weight is 572 g/mol. The predicted octanol–water partition coefficient (Wildman–Crippen LogP) is 4.45. The van der Waals surface area contributed by atoms with Crippen LogP contribution in [0.5, 0.6) is 5.75 Å². The van der Waals surface area contributed by atoms with Crippen LogP contribution in [0.15, 0.2) is 77.7 Å². The molecule has 2 amide bonds. The summed E-state index contributed by atoms with van der Waals surface area (Å²) in [6.07, 6.45) is 0.844. The summed E-state index contributed by atoms with van der Waals surface area (Å²) in [5.74, 6) is -0.622. The molecule has 1 atom stereocenters. The normalized spacial score (nSPS) is 11.9. The van der Waals surface area contributed by atoms with Crippen LogP contribution < -0.4 is 14.4 Å². The molecule has 0 bridgehead atoms. The first-order valence-electron chi connectivity index (χ1n) is 12.6. The molecule has 3 aromatic carbocycles. The second kappa shape index (κ2) is 13.5. The van der Waals surface area contributed by atoms with Gasteiger partial charge in [-0.25, -0.2) is 8.42 Å². The van der Waals surface area contributed by atoms with Crippen molar-refractivity contribution in [3.8, 4) is 5.75 Å². The summed E-state index contributed by atoms with van der Waals surface area (Å²) in [6.45, 7) is 3.32. The summed E-state index contributed by atoms with van der Waals surface area (Å²) in [7, 11) is -1.30. The van der Waals surface area contributed by atoms with Crippen LogP contribution in [-0.2, 0) is 26.0 Å². The number of anilines is 1. The number of benzene rings is 3. The summed E-state index contributed by atoms with van der Waals surface area (Å²) in [5, 5.41) is 2.90. The molecule has 0 aromatic heterocycles. The van der Waals surface area contributed by atoms with Gasteiger partial charge in [-0.15, -0.1) is 0 Å². The number of methoxy groups -OCH3 is 1. The highest BCUT2D eigenvalue weighted by atomic mass is 35.5. The van der Waals surface area contributed by atoms with Gasteiger partial charge in [0.15, 0.2) is 0 Å². The molecule has 0 saturated heterocycles. The zero-order chi connectivity index (χ0) is 28.6. The molecule has 8 nitrogen and oxygen atoms in total. The van der Waals surface area contributed by atoms with Crippen molar-refractivity contribution in [3.05, 3.63) is 88.9 Å². The Kier molecular flexibility index (Phi) is 10.4. The summed E-state index contributed by atoms with van der Waals surface area (Å²) >= 11 is 6.26. The first kappa shape index (κ1) is 30.0. The van der Waals surface area contributed by atoms with Crippen LogP contribution in [0.4, 0.5) is 5.69 Å². The number of ether oxygens (including phenoxy) is 1. The Morgan fingerprint density at radius 3 is 2.28 bits per heavy atom. The highest BCUT2D eigenvalue weighted by Gasteiger charge is 2.34. The third kappa shape index (κ3) is 7.30. The van der Waals surface area contributed by atoms with Crippen molar-refractivity contribution >= 4 is 39.1 Å². The van der Waals surface area contributed by atoms with Crippen LogP contribution in [0, 0.1) is 6.92 Å². The SMILES string of the molecule is CCC(C(=O)NC)N(CCc1ccccc1)C(=O)CN(c1cc(Cl)ccc1OC)S(=O)(=O)c1ccc(C)cc1. The molecular weight excluding hydrogens is 538 g/mol. The van der Waals surface area contributed by atoms with E-state index in [1.807, 2.05) is 44.2 Å². The first-order valence-corrected chi connectivity index (χ1v) is 14.4. The molecule has 10 heteroatoms. The smallest absolute Gasteiger partial charge is 0.264 e. The Bertz CT molecular complexity index is 1380. The van der Waals surface area contributed by atoms with E-state index in [1.54, 1.807) is 24.3 Å². The first-order chi connectivity index (χ1) is 18.6. The Morgan fingerprint density at radius 1 is 1.03 bits per heavy atom. The minimum atomic E-state index is -4.23. The number of aryl methyl sites for hydroxylation is 1. The minimum Gasteiger partial charge on any atom is -0.495 e. The van der Waals surface area contributed by atoms with Gasteiger partial charge < -0.3 is 15.0 Å². The molecule has 0 heterocycles. The van der Waals surface area contributed by atoms with Gasteiger partial charge in [0.1, 0.15) is 18.3 Å². The van der Waals surface area contributed by atoms with Crippen LogP contribution in [0.3, 0.4) is 0 Å². The number of sulfonamides is 1. The van der Waals surface area contributed by atoms with E-state index < -0.39 is 28.5 Å². The van der Waals surface area contributed by atoms with Crippen LogP contribution in [0.2, 0.25) is 5.02 Å². The number of amides is 2. The number of carbonyl (C=O) groups excluding carboxylic acids is 2. The third-order valence-corrected chi connectivity index (χ3v) is 8.42. The number of hydrogen-bond acceptors (Lipinski definition) is 5. The fourth-order valence-corrected chi connectivity index (χ4v) is 5.85. The van der Waals surface area contributed by atoms with Crippen LogP contribution in [-0.4, -0.2) is 58.4 Å². The van der Waals surface area contributed by atoms with E-state index in [9.17, 15) is 18.0 Å². The fraction of sp³-hybridized carbons (Fsp3) is 0.310. The monoisotopic (exact) mass is 571 g/mol. The van der Waals surface area contributed by atoms with E-state index in [0.29, 0.717) is 12.8 Å². The van der Waals surface area contributed by atoms with Gasteiger partial charge in [0, 0.05) is 18.6 Å². The number of likely N-dealkylation sites (N-methyl/N-ethyl adjacent to an activating group) is 1. The van der Waals surface area contributed by atoms with Crippen LogP contribution in [0.1, 0.15) is 24.5 Å². The Morgan fingerprint density at radius 2 is 1.69 bits per heavy atom. The molecule has 0 spiro atoms. The maximum absolute atomic E-state index is 14.0. The molecule has 0 aliphatic heterocycles. The average Bonchev–Trinajstić information content (AvgIpc) is 2.94. The topological polar surface area (TPSA) is 96.0 Å². The second-order valence-corrected chi connectivity index (χ2v) is 11.3. The zero-order valence-electron chi connectivity index (χ0n) is 22.6. The lowest BCUT2D eigenvalue weighted by atomic mass is 10.1. The molecule has 0 radical (unpaired) electrons. The summed E-state index contributed by atoms with van der Waals surface area (Å²) < 4.78 is 34.4. The fourth-order valence-electron chi connectivity index (χ4n) is 4.27. The van der Waals surface area contributed by atoms with Crippen LogP contribution in [0.25, 0.3) is 0 Å². The number of nitrogens with one attached hydrogen (secondary N) is 1. The summed E-state index contributed by atoms with van der Waals surface area (Å²) in [5.41, 5.74) is 2.00. The minimum absolute atomic E-state index is 0.0112. The van der Waals surface area contributed by atoms with Crippen molar-refractivity contribution in [2.45, 2.75) is 37.6 Å². The highest BCUT2D eigenvalue weighted by Crippen LogP contribution is 2.35. The van der Waals surface area contributed by atoms with Crippen molar-refractivity contribution in [1.82, 2.24) is 10.2 Å². The number of nitrogens with zero attached hydrogens (tertiary/aromatic N) is 2. The maximum Gasteiger partial charge on any atom is 0.264 e. The molecular formula is C29H34ClN3O5S. The Labute approximate surface area is 235 Å². The zero-order valence-corrected chi connectivity index (χ0v) is 24.1. The van der Waals surface area contributed by atoms with Gasteiger partial charge in [-0.05, 0) is 55.7 Å². The lowest BCUT2D eigenvalue weighted by Crippen LogP contribution is -2.52. The van der Waals surface area contributed by atoms with E-state index in [0.717, 1.165) is 15.4 Å².